The Labute approximate surface area is 80.8 Å². The second-order valence-corrected chi connectivity index (χ2v) is 2.88. The number of carbonyl (C=O) groups excluding carboxylic acids is 1. The molecule has 0 unspecified atom stereocenters. The van der Waals surface area contributed by atoms with Crippen LogP contribution in [0.15, 0.2) is 18.2 Å². The SMILES string of the molecule is CCc1cc(O)cc(C(=O)C(=O)O)c1. The highest BCUT2D eigenvalue weighted by atomic mass is 16.4. The molecule has 74 valence electrons. The van der Waals surface area contributed by atoms with Gasteiger partial charge in [0, 0.05) is 5.56 Å². The van der Waals surface area contributed by atoms with Crippen LogP contribution in [0.25, 0.3) is 0 Å². The average Bonchev–Trinajstić information content (AvgIpc) is 2.15. The molecule has 0 atom stereocenters. The van der Waals surface area contributed by atoms with Crippen molar-refractivity contribution in [1.29, 1.82) is 0 Å². The van der Waals surface area contributed by atoms with Gasteiger partial charge in [0.2, 0.25) is 0 Å². The molecule has 1 aromatic carbocycles. The van der Waals surface area contributed by atoms with E-state index in [-0.39, 0.29) is 11.3 Å². The molecule has 0 aliphatic rings. The molecule has 0 aliphatic carbocycles. The number of Topliss-reactive ketones (excluding diaryl/α,β-unsaturated/α-hetero) is 1. The van der Waals surface area contributed by atoms with Crippen molar-refractivity contribution < 1.29 is 19.8 Å². The number of ketones is 1. The van der Waals surface area contributed by atoms with Crippen molar-refractivity contribution in [1.82, 2.24) is 0 Å². The van der Waals surface area contributed by atoms with Crippen molar-refractivity contribution in [3.63, 3.8) is 0 Å². The molecule has 4 heteroatoms. The lowest BCUT2D eigenvalue weighted by molar-refractivity contribution is -0.131. The molecule has 0 amide bonds. The normalized spacial score (nSPS) is 9.79. The molecule has 0 aromatic heterocycles. The van der Waals surface area contributed by atoms with E-state index < -0.39 is 11.8 Å². The zero-order valence-corrected chi connectivity index (χ0v) is 7.65. The summed E-state index contributed by atoms with van der Waals surface area (Å²) in [7, 11) is 0. The van der Waals surface area contributed by atoms with Crippen molar-refractivity contribution >= 4 is 11.8 Å². The summed E-state index contributed by atoms with van der Waals surface area (Å²) < 4.78 is 0. The van der Waals surface area contributed by atoms with Gasteiger partial charge in [-0.1, -0.05) is 6.92 Å². The lowest BCUT2D eigenvalue weighted by Gasteiger charge is -2.01. The third kappa shape index (κ3) is 2.10. The van der Waals surface area contributed by atoms with Crippen molar-refractivity contribution in [2.45, 2.75) is 13.3 Å². The van der Waals surface area contributed by atoms with Gasteiger partial charge in [-0.2, -0.15) is 0 Å². The number of carboxylic acids is 1. The predicted octanol–water partition coefficient (Wildman–Crippen LogP) is 1.22. The summed E-state index contributed by atoms with van der Waals surface area (Å²) in [6.45, 7) is 1.85. The standard InChI is InChI=1S/C10H10O4/c1-2-6-3-7(5-8(11)4-6)9(12)10(13)14/h3-5,11H,2H2,1H3,(H,13,14). The number of aromatic hydroxyl groups is 1. The topological polar surface area (TPSA) is 74.6 Å². The van der Waals surface area contributed by atoms with Gasteiger partial charge < -0.3 is 10.2 Å². The van der Waals surface area contributed by atoms with Gasteiger partial charge in [0.15, 0.2) is 0 Å². The average molecular weight is 194 g/mol. The maximum Gasteiger partial charge on any atom is 0.377 e. The molecule has 0 fully saturated rings. The Morgan fingerprint density at radius 2 is 1.93 bits per heavy atom. The molecular formula is C10H10O4. The fraction of sp³-hybridized carbons (Fsp3) is 0.200. The van der Waals surface area contributed by atoms with Crippen molar-refractivity contribution in [3.8, 4) is 5.75 Å². The molecule has 14 heavy (non-hydrogen) atoms. The Balaban J connectivity index is 3.15. The first kappa shape index (κ1) is 10.2. The zero-order chi connectivity index (χ0) is 10.7. The number of phenols is 1. The molecule has 4 nitrogen and oxygen atoms in total. The first-order valence-corrected chi connectivity index (χ1v) is 4.15. The number of hydrogen-bond acceptors (Lipinski definition) is 3. The molecule has 0 aliphatic heterocycles. The summed E-state index contributed by atoms with van der Waals surface area (Å²) >= 11 is 0. The molecule has 2 N–H and O–H groups in total. The van der Waals surface area contributed by atoms with Crippen LogP contribution in [-0.2, 0) is 11.2 Å². The highest BCUT2D eigenvalue weighted by Crippen LogP contribution is 2.16. The van der Waals surface area contributed by atoms with Crippen LogP contribution < -0.4 is 0 Å². The van der Waals surface area contributed by atoms with Crippen LogP contribution >= 0.6 is 0 Å². The summed E-state index contributed by atoms with van der Waals surface area (Å²) in [4.78, 5) is 21.4. The monoisotopic (exact) mass is 194 g/mol. The highest BCUT2D eigenvalue weighted by molar-refractivity contribution is 6.39. The lowest BCUT2D eigenvalue weighted by atomic mass is 10.1. The van der Waals surface area contributed by atoms with Crippen LogP contribution in [-0.4, -0.2) is 22.0 Å². The number of rotatable bonds is 3. The van der Waals surface area contributed by atoms with Crippen molar-refractivity contribution in [2.24, 2.45) is 0 Å². The molecule has 1 rings (SSSR count). The van der Waals surface area contributed by atoms with E-state index in [1.807, 2.05) is 6.92 Å². The summed E-state index contributed by atoms with van der Waals surface area (Å²) in [5.41, 5.74) is 0.740. The Morgan fingerprint density at radius 3 is 2.43 bits per heavy atom. The van der Waals surface area contributed by atoms with E-state index in [0.29, 0.717) is 6.42 Å². The third-order valence-electron chi connectivity index (χ3n) is 1.84. The summed E-state index contributed by atoms with van der Waals surface area (Å²) in [5, 5.41) is 17.7. The summed E-state index contributed by atoms with van der Waals surface area (Å²) in [5.74, 6) is -2.61. The Kier molecular flexibility index (Phi) is 2.86. The van der Waals surface area contributed by atoms with Gasteiger partial charge in [0.05, 0.1) is 0 Å². The number of aryl methyl sites for hydroxylation is 1. The molecular weight excluding hydrogens is 184 g/mol. The van der Waals surface area contributed by atoms with Gasteiger partial charge in [0.1, 0.15) is 5.75 Å². The molecule has 1 aromatic rings. The van der Waals surface area contributed by atoms with E-state index in [9.17, 15) is 14.7 Å². The fourth-order valence-corrected chi connectivity index (χ4v) is 1.13. The van der Waals surface area contributed by atoms with E-state index >= 15 is 0 Å². The van der Waals surface area contributed by atoms with Gasteiger partial charge in [0.25, 0.3) is 5.78 Å². The van der Waals surface area contributed by atoms with Crippen LogP contribution in [0.2, 0.25) is 0 Å². The van der Waals surface area contributed by atoms with E-state index in [4.69, 9.17) is 5.11 Å². The Hall–Kier alpha value is -1.84. The van der Waals surface area contributed by atoms with Crippen LogP contribution in [0.4, 0.5) is 0 Å². The first-order chi connectivity index (χ1) is 6.54. The van der Waals surface area contributed by atoms with Gasteiger partial charge in [-0.05, 0) is 30.2 Å². The van der Waals surface area contributed by atoms with Crippen LogP contribution in [0.1, 0.15) is 22.8 Å². The number of benzene rings is 1. The van der Waals surface area contributed by atoms with E-state index in [0.717, 1.165) is 11.6 Å². The fourth-order valence-electron chi connectivity index (χ4n) is 1.13. The number of phenolic OH excluding ortho intramolecular Hbond substituents is 1. The van der Waals surface area contributed by atoms with Crippen molar-refractivity contribution in [3.05, 3.63) is 29.3 Å². The highest BCUT2D eigenvalue weighted by Gasteiger charge is 2.15. The largest absolute Gasteiger partial charge is 0.508 e. The van der Waals surface area contributed by atoms with Crippen LogP contribution in [0.3, 0.4) is 0 Å². The van der Waals surface area contributed by atoms with Gasteiger partial charge in [-0.3, -0.25) is 4.79 Å². The smallest absolute Gasteiger partial charge is 0.377 e. The molecule has 0 bridgehead atoms. The molecule has 0 spiro atoms. The number of aliphatic carboxylic acids is 1. The summed E-state index contributed by atoms with van der Waals surface area (Å²) in [6, 6.07) is 4.12. The van der Waals surface area contributed by atoms with Gasteiger partial charge in [-0.25, -0.2) is 4.79 Å². The molecule has 0 saturated heterocycles. The number of hydrogen-bond donors (Lipinski definition) is 2. The zero-order valence-electron chi connectivity index (χ0n) is 7.65. The first-order valence-electron chi connectivity index (χ1n) is 4.15. The Bertz CT molecular complexity index is 382. The second-order valence-electron chi connectivity index (χ2n) is 2.88. The Morgan fingerprint density at radius 1 is 1.29 bits per heavy atom. The molecule has 0 saturated carbocycles. The van der Waals surface area contributed by atoms with E-state index in [2.05, 4.69) is 0 Å². The minimum absolute atomic E-state index is 0.00866. The van der Waals surface area contributed by atoms with E-state index in [1.54, 1.807) is 0 Å². The van der Waals surface area contributed by atoms with Crippen molar-refractivity contribution in [2.75, 3.05) is 0 Å². The third-order valence-corrected chi connectivity index (χ3v) is 1.84. The number of carboxylic acid groups (broad SMARTS) is 1. The maximum atomic E-state index is 11.1. The quantitative estimate of drug-likeness (QED) is 0.560. The molecule has 0 radical (unpaired) electrons. The van der Waals surface area contributed by atoms with Gasteiger partial charge >= 0.3 is 5.97 Å². The lowest BCUT2D eigenvalue weighted by Crippen LogP contribution is -2.12. The van der Waals surface area contributed by atoms with Crippen LogP contribution in [0, 0.1) is 0 Å². The van der Waals surface area contributed by atoms with Crippen LogP contribution in [0.5, 0.6) is 5.75 Å². The minimum atomic E-state index is -1.52. The van der Waals surface area contributed by atoms with Gasteiger partial charge in [-0.15, -0.1) is 0 Å². The maximum absolute atomic E-state index is 11.1. The molecule has 0 heterocycles. The second kappa shape index (κ2) is 3.91. The predicted molar refractivity (Wildman–Crippen MR) is 49.5 cm³/mol. The summed E-state index contributed by atoms with van der Waals surface area (Å²) in [6.07, 6.45) is 0.633. The minimum Gasteiger partial charge on any atom is -0.508 e. The van der Waals surface area contributed by atoms with E-state index in [1.165, 1.54) is 12.1 Å². The number of carbonyl (C=O) groups is 2.